The molecule has 1 atom stereocenters. The van der Waals surface area contributed by atoms with Gasteiger partial charge in [-0.2, -0.15) is 0 Å². The molecule has 0 spiro atoms. The van der Waals surface area contributed by atoms with Gasteiger partial charge in [0.05, 0.1) is 12.8 Å². The van der Waals surface area contributed by atoms with Crippen LogP contribution >= 0.6 is 12.2 Å². The normalized spacial score (nSPS) is 14.7. The van der Waals surface area contributed by atoms with Crippen LogP contribution in [0, 0.1) is 4.77 Å². The molecule has 1 unspecified atom stereocenters. The highest BCUT2D eigenvalue weighted by Crippen LogP contribution is 2.43. The Bertz CT molecular complexity index is 1540. The summed E-state index contributed by atoms with van der Waals surface area (Å²) in [5, 5.41) is 12.5. The first-order valence-electron chi connectivity index (χ1n) is 11.5. The van der Waals surface area contributed by atoms with Crippen LogP contribution in [0.4, 0.5) is 0 Å². The van der Waals surface area contributed by atoms with E-state index in [4.69, 9.17) is 17.0 Å². The summed E-state index contributed by atoms with van der Waals surface area (Å²) in [5.41, 5.74) is 6.59. The maximum Gasteiger partial charge on any atom is 0.213 e. The lowest BCUT2D eigenvalue weighted by Gasteiger charge is -2.26. The number of H-pyrrole nitrogens is 1. The average Bonchev–Trinajstić information content (AvgIpc) is 3.37. The molecule has 5 aromatic rings. The van der Waals surface area contributed by atoms with E-state index >= 15 is 0 Å². The summed E-state index contributed by atoms with van der Waals surface area (Å²) < 4.78 is 10.0. The summed E-state index contributed by atoms with van der Waals surface area (Å²) in [6.45, 7) is 0.624. The van der Waals surface area contributed by atoms with Gasteiger partial charge in [0, 0.05) is 29.6 Å². The number of methoxy groups -OCH3 is 1. The zero-order chi connectivity index (χ0) is 23.2. The molecule has 5 nitrogen and oxygen atoms in total. The number of imidazole rings is 1. The van der Waals surface area contributed by atoms with Crippen LogP contribution in [0.25, 0.3) is 10.9 Å². The lowest BCUT2D eigenvalue weighted by atomic mass is 9.93. The monoisotopic (exact) mass is 467 g/mol. The van der Waals surface area contributed by atoms with Crippen LogP contribution in [0.1, 0.15) is 34.1 Å². The van der Waals surface area contributed by atoms with Gasteiger partial charge in [-0.3, -0.25) is 4.57 Å². The van der Waals surface area contributed by atoms with Crippen molar-refractivity contribution >= 4 is 23.1 Å². The van der Waals surface area contributed by atoms with E-state index in [1.807, 2.05) is 41.0 Å². The highest BCUT2D eigenvalue weighted by Gasteiger charge is 2.34. The van der Waals surface area contributed by atoms with Gasteiger partial charge in [0.15, 0.2) is 4.77 Å². The number of benzene rings is 3. The van der Waals surface area contributed by atoms with Crippen LogP contribution in [-0.2, 0) is 19.4 Å². The molecule has 1 aliphatic rings. The van der Waals surface area contributed by atoms with Gasteiger partial charge in [0.1, 0.15) is 11.8 Å². The van der Waals surface area contributed by atoms with E-state index in [0.29, 0.717) is 17.7 Å². The van der Waals surface area contributed by atoms with Crippen LogP contribution in [0.3, 0.4) is 0 Å². The first-order valence-corrected chi connectivity index (χ1v) is 11.9. The number of aryl methyl sites for hydroxylation is 1. The molecule has 0 saturated heterocycles. The molecule has 3 heterocycles. The zero-order valence-electron chi connectivity index (χ0n) is 18.9. The predicted molar refractivity (Wildman–Crippen MR) is 136 cm³/mol. The van der Waals surface area contributed by atoms with Crippen LogP contribution in [0.15, 0.2) is 78.9 Å². The SMILES string of the molecule is COc1ccc(C2c3[nH]c4ccccc4c3Cc3c(O)n(CCc4ccccc4)c(=S)n32)cc1. The molecule has 2 aromatic heterocycles. The largest absolute Gasteiger partial charge is 0.497 e. The molecule has 0 aliphatic carbocycles. The van der Waals surface area contributed by atoms with Crippen molar-refractivity contribution in [3.63, 3.8) is 0 Å². The van der Waals surface area contributed by atoms with Crippen molar-refractivity contribution in [2.45, 2.75) is 25.4 Å². The summed E-state index contributed by atoms with van der Waals surface area (Å²) in [7, 11) is 1.67. The molecule has 0 fully saturated rings. The smallest absolute Gasteiger partial charge is 0.213 e. The lowest BCUT2D eigenvalue weighted by molar-refractivity contribution is 0.410. The molecule has 2 N–H and O–H groups in total. The quantitative estimate of drug-likeness (QED) is 0.306. The molecule has 0 saturated carbocycles. The topological polar surface area (TPSA) is 55.1 Å². The second kappa shape index (κ2) is 8.22. The van der Waals surface area contributed by atoms with Gasteiger partial charge in [-0.1, -0.05) is 60.7 Å². The highest BCUT2D eigenvalue weighted by atomic mass is 32.1. The van der Waals surface area contributed by atoms with E-state index in [2.05, 4.69) is 52.0 Å². The van der Waals surface area contributed by atoms with Crippen LogP contribution in [0.5, 0.6) is 11.6 Å². The summed E-state index contributed by atoms with van der Waals surface area (Å²) in [6, 6.07) is 26.6. The molecule has 170 valence electrons. The van der Waals surface area contributed by atoms with Gasteiger partial charge in [-0.25, -0.2) is 0 Å². The van der Waals surface area contributed by atoms with Crippen molar-refractivity contribution in [1.82, 2.24) is 14.1 Å². The Labute approximate surface area is 202 Å². The minimum atomic E-state index is -0.159. The number of ether oxygens (including phenoxy) is 1. The summed E-state index contributed by atoms with van der Waals surface area (Å²) in [6.07, 6.45) is 1.42. The van der Waals surface area contributed by atoms with E-state index < -0.39 is 0 Å². The maximum absolute atomic E-state index is 11.4. The number of rotatable bonds is 5. The Hall–Kier alpha value is -3.77. The van der Waals surface area contributed by atoms with E-state index in [-0.39, 0.29) is 11.9 Å². The average molecular weight is 468 g/mol. The van der Waals surface area contributed by atoms with Gasteiger partial charge >= 0.3 is 0 Å². The molecule has 6 heteroatoms. The Balaban J connectivity index is 1.51. The number of para-hydroxylation sites is 1. The molecular weight excluding hydrogens is 442 g/mol. The minimum Gasteiger partial charge on any atom is -0.497 e. The van der Waals surface area contributed by atoms with Crippen LogP contribution < -0.4 is 4.74 Å². The van der Waals surface area contributed by atoms with Crippen molar-refractivity contribution in [3.8, 4) is 11.6 Å². The fourth-order valence-corrected chi connectivity index (χ4v) is 5.55. The number of fused-ring (bicyclic) bond motifs is 4. The second-order valence-electron chi connectivity index (χ2n) is 8.73. The highest BCUT2D eigenvalue weighted by molar-refractivity contribution is 7.71. The number of nitrogens with one attached hydrogen (secondary N) is 1. The Morgan fingerprint density at radius 2 is 1.74 bits per heavy atom. The third kappa shape index (κ3) is 3.25. The predicted octanol–water partition coefficient (Wildman–Crippen LogP) is 6.00. The molecular formula is C28H25N3O2S. The van der Waals surface area contributed by atoms with E-state index in [1.165, 1.54) is 16.5 Å². The standard InChI is InChI=1S/C28H25N3O2S/c1-33-20-13-11-19(12-14-20)26-25-22(21-9-5-6-10-23(21)29-25)17-24-27(32)30(28(34)31(24)26)16-15-18-7-3-2-4-8-18/h2-14,26,29,32H,15-17H2,1H3. The van der Waals surface area contributed by atoms with E-state index in [0.717, 1.165) is 34.6 Å². The van der Waals surface area contributed by atoms with Crippen molar-refractivity contribution in [2.24, 2.45) is 0 Å². The van der Waals surface area contributed by atoms with E-state index in [1.54, 1.807) is 7.11 Å². The number of aromatic nitrogens is 3. The molecule has 34 heavy (non-hydrogen) atoms. The number of aromatic amines is 1. The maximum atomic E-state index is 11.4. The fourth-order valence-electron chi connectivity index (χ4n) is 5.16. The van der Waals surface area contributed by atoms with E-state index in [9.17, 15) is 5.11 Å². The second-order valence-corrected chi connectivity index (χ2v) is 9.09. The molecule has 3 aromatic carbocycles. The third-order valence-electron chi connectivity index (χ3n) is 6.86. The Kier molecular flexibility index (Phi) is 5.03. The van der Waals surface area contributed by atoms with Crippen molar-refractivity contribution < 1.29 is 9.84 Å². The Morgan fingerprint density at radius 1 is 1.00 bits per heavy atom. The van der Waals surface area contributed by atoms with Crippen molar-refractivity contribution in [1.29, 1.82) is 0 Å². The van der Waals surface area contributed by atoms with Crippen molar-refractivity contribution in [3.05, 3.63) is 112 Å². The number of hydrogen-bond donors (Lipinski definition) is 2. The molecule has 0 radical (unpaired) electrons. The van der Waals surface area contributed by atoms with Crippen LogP contribution in [-0.4, -0.2) is 26.3 Å². The molecule has 1 aliphatic heterocycles. The lowest BCUT2D eigenvalue weighted by Crippen LogP contribution is -2.21. The minimum absolute atomic E-state index is 0.159. The number of nitrogens with zero attached hydrogens (tertiary/aromatic N) is 2. The third-order valence-corrected chi connectivity index (χ3v) is 7.28. The van der Waals surface area contributed by atoms with Crippen molar-refractivity contribution in [2.75, 3.05) is 7.11 Å². The zero-order valence-corrected chi connectivity index (χ0v) is 19.7. The summed E-state index contributed by atoms with van der Waals surface area (Å²) in [4.78, 5) is 3.66. The first-order chi connectivity index (χ1) is 16.7. The molecule has 6 rings (SSSR count). The first kappa shape index (κ1) is 20.8. The summed E-state index contributed by atoms with van der Waals surface area (Å²) in [5.74, 6) is 1.07. The van der Waals surface area contributed by atoms with Gasteiger partial charge < -0.3 is 19.4 Å². The molecule has 0 amide bonds. The number of hydrogen-bond acceptors (Lipinski definition) is 3. The van der Waals surface area contributed by atoms with Gasteiger partial charge in [0.25, 0.3) is 0 Å². The van der Waals surface area contributed by atoms with Gasteiger partial charge in [-0.15, -0.1) is 0 Å². The van der Waals surface area contributed by atoms with Crippen LogP contribution in [0.2, 0.25) is 0 Å². The number of aromatic hydroxyl groups is 1. The Morgan fingerprint density at radius 3 is 2.50 bits per heavy atom. The molecule has 0 bridgehead atoms. The fraction of sp³-hybridized carbons (Fsp3) is 0.179. The van der Waals surface area contributed by atoms with Gasteiger partial charge in [-0.05, 0) is 53.5 Å². The summed E-state index contributed by atoms with van der Waals surface area (Å²) >= 11 is 5.98. The van der Waals surface area contributed by atoms with Gasteiger partial charge in [0.2, 0.25) is 5.88 Å².